The average molecular weight is 370 g/mol. The summed E-state index contributed by atoms with van der Waals surface area (Å²) in [6, 6.07) is 18.0. The van der Waals surface area contributed by atoms with Crippen LogP contribution in [0, 0.1) is 5.82 Å². The van der Waals surface area contributed by atoms with Crippen LogP contribution in [-0.4, -0.2) is 11.9 Å². The minimum Gasteiger partial charge on any atom is -0.322 e. The minimum absolute atomic E-state index is 0.00749. The number of hydrogen-bond acceptors (Lipinski definition) is 3. The van der Waals surface area contributed by atoms with Crippen molar-refractivity contribution in [3.8, 4) is 0 Å². The van der Waals surface area contributed by atoms with Gasteiger partial charge in [-0.3, -0.25) is 4.79 Å². The number of nitrogens with one attached hydrogen (secondary N) is 3. The number of rotatable bonds is 3. The van der Waals surface area contributed by atoms with E-state index in [0.29, 0.717) is 6.42 Å². The second-order valence-electron chi connectivity index (χ2n) is 6.31. The third-order valence-corrected chi connectivity index (χ3v) is 4.84. The summed E-state index contributed by atoms with van der Waals surface area (Å²) >= 11 is 5.74. The highest BCUT2D eigenvalue weighted by Crippen LogP contribution is 2.29. The molecule has 0 spiro atoms. The number of carbonyl (C=O) groups is 1. The number of hydrazine groups is 1. The van der Waals surface area contributed by atoms with Crippen molar-refractivity contribution in [2.75, 3.05) is 5.32 Å². The summed E-state index contributed by atoms with van der Waals surface area (Å²) in [5, 5.41) is 5.21. The quantitative estimate of drug-likeness (QED) is 0.649. The SMILES string of the molecule is O=C(Nc1ccc(Cl)cc1F)C1CC(c2cccc3ccccc23)NN1. The zero-order chi connectivity index (χ0) is 18.1. The van der Waals surface area contributed by atoms with Gasteiger partial charge in [-0.2, -0.15) is 0 Å². The highest BCUT2D eigenvalue weighted by atomic mass is 35.5. The van der Waals surface area contributed by atoms with Gasteiger partial charge >= 0.3 is 0 Å². The van der Waals surface area contributed by atoms with Gasteiger partial charge in [-0.1, -0.05) is 54.1 Å². The molecule has 0 aliphatic carbocycles. The fourth-order valence-electron chi connectivity index (χ4n) is 3.30. The van der Waals surface area contributed by atoms with Crippen molar-refractivity contribution >= 4 is 34.0 Å². The highest BCUT2D eigenvalue weighted by molar-refractivity contribution is 6.30. The van der Waals surface area contributed by atoms with Crippen molar-refractivity contribution in [2.45, 2.75) is 18.5 Å². The van der Waals surface area contributed by atoms with Crippen LogP contribution in [0.1, 0.15) is 18.0 Å². The summed E-state index contributed by atoms with van der Waals surface area (Å²) in [7, 11) is 0. The topological polar surface area (TPSA) is 53.2 Å². The summed E-state index contributed by atoms with van der Waals surface area (Å²) in [6.07, 6.45) is 0.565. The highest BCUT2D eigenvalue weighted by Gasteiger charge is 2.31. The van der Waals surface area contributed by atoms with Gasteiger partial charge in [0.15, 0.2) is 0 Å². The largest absolute Gasteiger partial charge is 0.322 e. The molecule has 1 aliphatic rings. The van der Waals surface area contributed by atoms with E-state index in [-0.39, 0.29) is 22.7 Å². The number of benzene rings is 3. The van der Waals surface area contributed by atoms with Crippen LogP contribution in [0.15, 0.2) is 60.7 Å². The first-order chi connectivity index (χ1) is 12.6. The Morgan fingerprint density at radius 1 is 1.08 bits per heavy atom. The third-order valence-electron chi connectivity index (χ3n) is 4.61. The minimum atomic E-state index is -0.553. The van der Waals surface area contributed by atoms with Gasteiger partial charge in [0, 0.05) is 11.1 Å². The molecule has 0 bridgehead atoms. The Labute approximate surface area is 155 Å². The van der Waals surface area contributed by atoms with Gasteiger partial charge in [-0.15, -0.1) is 0 Å². The molecule has 1 aliphatic heterocycles. The molecule has 1 fully saturated rings. The molecule has 0 aromatic heterocycles. The Hall–Kier alpha value is -2.47. The summed E-state index contributed by atoms with van der Waals surface area (Å²) in [4.78, 5) is 12.5. The molecule has 4 rings (SSSR count). The summed E-state index contributed by atoms with van der Waals surface area (Å²) < 4.78 is 13.9. The van der Waals surface area contributed by atoms with Crippen molar-refractivity contribution in [3.63, 3.8) is 0 Å². The molecule has 0 saturated carbocycles. The second-order valence-corrected chi connectivity index (χ2v) is 6.75. The molecule has 3 aromatic rings. The van der Waals surface area contributed by atoms with Crippen molar-refractivity contribution in [1.29, 1.82) is 0 Å². The van der Waals surface area contributed by atoms with Crippen LogP contribution in [0.3, 0.4) is 0 Å². The second kappa shape index (κ2) is 7.03. The summed E-state index contributed by atoms with van der Waals surface area (Å²) in [5.41, 5.74) is 7.44. The van der Waals surface area contributed by atoms with Gasteiger partial charge < -0.3 is 5.32 Å². The Kier molecular flexibility index (Phi) is 4.59. The van der Waals surface area contributed by atoms with E-state index in [9.17, 15) is 9.18 Å². The standard InChI is InChI=1S/C20H17ClFN3O/c21-13-8-9-17(16(22)10-13)23-20(26)19-11-18(24-25-19)15-7-3-5-12-4-1-2-6-14(12)15/h1-10,18-19,24-25H,11H2,(H,23,26). The zero-order valence-corrected chi connectivity index (χ0v) is 14.6. The van der Waals surface area contributed by atoms with Gasteiger partial charge in [-0.05, 0) is 41.0 Å². The van der Waals surface area contributed by atoms with E-state index in [1.54, 1.807) is 6.07 Å². The molecule has 0 radical (unpaired) electrons. The fourth-order valence-corrected chi connectivity index (χ4v) is 3.46. The van der Waals surface area contributed by atoms with Gasteiger partial charge in [0.05, 0.1) is 5.69 Å². The van der Waals surface area contributed by atoms with E-state index in [4.69, 9.17) is 11.6 Å². The van der Waals surface area contributed by atoms with Gasteiger partial charge in [0.1, 0.15) is 11.9 Å². The number of carbonyl (C=O) groups excluding carboxylic acids is 1. The smallest absolute Gasteiger partial charge is 0.243 e. The number of halogens is 2. The predicted octanol–water partition coefficient (Wildman–Crippen LogP) is 4.18. The molecule has 4 nitrogen and oxygen atoms in total. The molecule has 1 saturated heterocycles. The van der Waals surface area contributed by atoms with E-state index in [1.165, 1.54) is 12.1 Å². The maximum atomic E-state index is 13.9. The molecule has 6 heteroatoms. The molecule has 2 atom stereocenters. The van der Waals surface area contributed by atoms with Crippen LogP contribution in [0.25, 0.3) is 10.8 Å². The Morgan fingerprint density at radius 3 is 2.73 bits per heavy atom. The van der Waals surface area contributed by atoms with E-state index in [1.807, 2.05) is 18.2 Å². The first-order valence-corrected chi connectivity index (χ1v) is 8.74. The number of amides is 1. The van der Waals surface area contributed by atoms with Crippen molar-refractivity contribution in [2.24, 2.45) is 0 Å². The number of anilines is 1. The first-order valence-electron chi connectivity index (χ1n) is 8.36. The van der Waals surface area contributed by atoms with E-state index < -0.39 is 11.9 Å². The van der Waals surface area contributed by atoms with Crippen LogP contribution in [0.5, 0.6) is 0 Å². The lowest BCUT2D eigenvalue weighted by molar-refractivity contribution is -0.117. The summed E-state index contributed by atoms with van der Waals surface area (Å²) in [5.74, 6) is -0.844. The lowest BCUT2D eigenvalue weighted by atomic mass is 9.96. The van der Waals surface area contributed by atoms with Crippen LogP contribution in [0.2, 0.25) is 5.02 Å². The molecule has 3 aromatic carbocycles. The maximum Gasteiger partial charge on any atom is 0.243 e. The van der Waals surface area contributed by atoms with Crippen molar-refractivity contribution in [3.05, 3.63) is 77.1 Å². The van der Waals surface area contributed by atoms with Crippen LogP contribution < -0.4 is 16.2 Å². The lowest BCUT2D eigenvalue weighted by Crippen LogP contribution is -2.39. The van der Waals surface area contributed by atoms with Gasteiger partial charge in [-0.25, -0.2) is 15.2 Å². The molecular formula is C20H17ClFN3O. The Balaban J connectivity index is 1.50. The molecule has 1 heterocycles. The monoisotopic (exact) mass is 369 g/mol. The van der Waals surface area contributed by atoms with Crippen LogP contribution in [-0.2, 0) is 4.79 Å². The zero-order valence-electron chi connectivity index (χ0n) is 13.8. The molecule has 3 N–H and O–H groups in total. The third kappa shape index (κ3) is 3.29. The Morgan fingerprint density at radius 2 is 1.88 bits per heavy atom. The summed E-state index contributed by atoms with van der Waals surface area (Å²) in [6.45, 7) is 0. The first kappa shape index (κ1) is 17.0. The average Bonchev–Trinajstić information content (AvgIpc) is 3.13. The molecule has 26 heavy (non-hydrogen) atoms. The fraction of sp³-hybridized carbons (Fsp3) is 0.150. The van der Waals surface area contributed by atoms with Crippen molar-refractivity contribution < 1.29 is 9.18 Å². The Bertz CT molecular complexity index is 973. The van der Waals surface area contributed by atoms with Crippen LogP contribution in [0.4, 0.5) is 10.1 Å². The normalized spacial score (nSPS) is 19.6. The molecular weight excluding hydrogens is 353 g/mol. The van der Waals surface area contributed by atoms with Gasteiger partial charge in [0.2, 0.25) is 5.91 Å². The maximum absolute atomic E-state index is 13.9. The lowest BCUT2D eigenvalue weighted by Gasteiger charge is -2.13. The predicted molar refractivity (Wildman–Crippen MR) is 101 cm³/mol. The van der Waals surface area contributed by atoms with Crippen molar-refractivity contribution in [1.82, 2.24) is 10.9 Å². The van der Waals surface area contributed by atoms with E-state index in [2.05, 4.69) is 40.4 Å². The molecule has 2 unspecified atom stereocenters. The number of fused-ring (bicyclic) bond motifs is 1. The number of hydrogen-bond donors (Lipinski definition) is 3. The van der Waals surface area contributed by atoms with Crippen LogP contribution >= 0.6 is 11.6 Å². The van der Waals surface area contributed by atoms with Gasteiger partial charge in [0.25, 0.3) is 0 Å². The molecule has 1 amide bonds. The molecule has 132 valence electrons. The van der Waals surface area contributed by atoms with E-state index >= 15 is 0 Å². The van der Waals surface area contributed by atoms with E-state index in [0.717, 1.165) is 16.3 Å².